The van der Waals surface area contributed by atoms with Crippen LogP contribution in [0.15, 0.2) is 30.3 Å². The van der Waals surface area contributed by atoms with E-state index in [0.29, 0.717) is 0 Å². The molecule has 0 amide bonds. The zero-order chi connectivity index (χ0) is 5.82. The first-order valence-corrected chi connectivity index (χ1v) is 2.39. The summed E-state index contributed by atoms with van der Waals surface area (Å²) in [4.78, 5) is 0. The minimum absolute atomic E-state index is 0. The Kier molecular flexibility index (Phi) is 5.78. The molecule has 0 saturated carbocycles. The van der Waals surface area contributed by atoms with Crippen LogP contribution in [0.4, 0.5) is 5.69 Å². The summed E-state index contributed by atoms with van der Waals surface area (Å²) in [5, 5.41) is 0. The standard InChI is InChI=1S/C6H7N2.K/c7-8-6-4-2-1-3-5-6;/h1-5H,7H2;/q-1;+1. The molecule has 0 atom stereocenters. The van der Waals surface area contributed by atoms with E-state index < -0.39 is 0 Å². The quantitative estimate of drug-likeness (QED) is 0.294. The molecular weight excluding hydrogens is 139 g/mol. The molecule has 0 spiro atoms. The molecule has 42 valence electrons. The van der Waals surface area contributed by atoms with Crippen molar-refractivity contribution < 1.29 is 51.4 Å². The van der Waals surface area contributed by atoms with Crippen LogP contribution in [0.5, 0.6) is 0 Å². The second-order valence-electron chi connectivity index (χ2n) is 1.46. The summed E-state index contributed by atoms with van der Waals surface area (Å²) in [6.45, 7) is 0. The molecule has 1 aromatic rings. The first-order chi connectivity index (χ1) is 3.93. The van der Waals surface area contributed by atoms with Crippen LogP contribution < -0.4 is 57.2 Å². The maximum absolute atomic E-state index is 4.97. The molecule has 1 rings (SSSR count). The van der Waals surface area contributed by atoms with Crippen LogP contribution in [0.1, 0.15) is 0 Å². The van der Waals surface area contributed by atoms with Crippen molar-refractivity contribution in [3.63, 3.8) is 0 Å². The normalized spacial score (nSPS) is 7.67. The first kappa shape index (κ1) is 9.62. The molecule has 0 bridgehead atoms. The minimum atomic E-state index is 0. The Labute approximate surface area is 97.2 Å². The number of nitrogens with zero attached hydrogens (tertiary/aromatic N) is 1. The monoisotopic (exact) mass is 146 g/mol. The Morgan fingerprint density at radius 1 is 1.11 bits per heavy atom. The Morgan fingerprint density at radius 2 is 1.67 bits per heavy atom. The van der Waals surface area contributed by atoms with E-state index in [4.69, 9.17) is 5.84 Å². The third-order valence-corrected chi connectivity index (χ3v) is 0.905. The molecule has 0 heterocycles. The summed E-state index contributed by atoms with van der Waals surface area (Å²) in [6, 6.07) is 9.41. The third-order valence-electron chi connectivity index (χ3n) is 0.905. The van der Waals surface area contributed by atoms with Crippen LogP contribution in [0.2, 0.25) is 0 Å². The number of rotatable bonds is 1. The van der Waals surface area contributed by atoms with E-state index >= 15 is 0 Å². The molecule has 3 heteroatoms. The van der Waals surface area contributed by atoms with Gasteiger partial charge in [0.15, 0.2) is 0 Å². The second kappa shape index (κ2) is 5.41. The van der Waals surface area contributed by atoms with E-state index in [1.165, 1.54) is 0 Å². The predicted octanol–water partition coefficient (Wildman–Crippen LogP) is -1.43. The molecule has 0 aliphatic carbocycles. The largest absolute Gasteiger partial charge is 1.00 e. The van der Waals surface area contributed by atoms with Gasteiger partial charge in [-0.15, -0.1) is 5.69 Å². The Bertz CT molecular complexity index is 152. The van der Waals surface area contributed by atoms with Crippen molar-refractivity contribution >= 4 is 5.69 Å². The molecule has 0 aromatic heterocycles. The zero-order valence-electron chi connectivity index (χ0n) is 5.41. The van der Waals surface area contributed by atoms with Gasteiger partial charge in [0.1, 0.15) is 0 Å². The van der Waals surface area contributed by atoms with Crippen molar-refractivity contribution in [1.29, 1.82) is 0 Å². The van der Waals surface area contributed by atoms with E-state index in [2.05, 4.69) is 5.43 Å². The summed E-state index contributed by atoms with van der Waals surface area (Å²) in [5.74, 6) is 4.97. The summed E-state index contributed by atoms with van der Waals surface area (Å²) in [7, 11) is 0. The average molecular weight is 146 g/mol. The Hall–Kier alpha value is 0.616. The van der Waals surface area contributed by atoms with Crippen LogP contribution in [0.25, 0.3) is 5.43 Å². The van der Waals surface area contributed by atoms with Crippen molar-refractivity contribution in [2.45, 2.75) is 0 Å². The summed E-state index contributed by atoms with van der Waals surface area (Å²) < 4.78 is 0. The number of nitrogens with two attached hydrogens (primary N) is 1. The van der Waals surface area contributed by atoms with Gasteiger partial charge in [-0.3, -0.25) is 0 Å². The van der Waals surface area contributed by atoms with Gasteiger partial charge in [-0.05, 0) is 0 Å². The molecule has 0 saturated heterocycles. The predicted molar refractivity (Wildman–Crippen MR) is 33.6 cm³/mol. The summed E-state index contributed by atoms with van der Waals surface area (Å²) in [5.41, 5.74) is 4.28. The van der Waals surface area contributed by atoms with E-state index in [1.54, 1.807) is 0 Å². The van der Waals surface area contributed by atoms with Gasteiger partial charge in [0.05, 0.1) is 0 Å². The van der Waals surface area contributed by atoms with Gasteiger partial charge in [-0.25, -0.2) is 0 Å². The van der Waals surface area contributed by atoms with Crippen molar-refractivity contribution in [1.82, 2.24) is 0 Å². The number of hydrogen-bond donors (Lipinski definition) is 1. The van der Waals surface area contributed by atoms with Gasteiger partial charge >= 0.3 is 51.4 Å². The molecule has 0 aliphatic heterocycles. The minimum Gasteiger partial charge on any atom is -0.625 e. The molecule has 0 radical (unpaired) electrons. The maximum Gasteiger partial charge on any atom is 1.00 e. The van der Waals surface area contributed by atoms with Crippen molar-refractivity contribution in [2.24, 2.45) is 5.84 Å². The summed E-state index contributed by atoms with van der Waals surface area (Å²) >= 11 is 0. The fourth-order valence-electron chi connectivity index (χ4n) is 0.514. The summed E-state index contributed by atoms with van der Waals surface area (Å²) in [6.07, 6.45) is 0. The van der Waals surface area contributed by atoms with E-state index in [0.717, 1.165) is 5.69 Å². The van der Waals surface area contributed by atoms with Crippen molar-refractivity contribution in [3.05, 3.63) is 35.8 Å². The molecule has 2 N–H and O–H groups in total. The topological polar surface area (TPSA) is 40.1 Å². The van der Waals surface area contributed by atoms with E-state index in [1.807, 2.05) is 30.3 Å². The van der Waals surface area contributed by atoms with Crippen LogP contribution in [0, 0.1) is 0 Å². The fourth-order valence-corrected chi connectivity index (χ4v) is 0.514. The van der Waals surface area contributed by atoms with Gasteiger partial charge < -0.3 is 11.3 Å². The number of benzene rings is 1. The molecule has 0 unspecified atom stereocenters. The van der Waals surface area contributed by atoms with Gasteiger partial charge in [-0.1, -0.05) is 30.3 Å². The van der Waals surface area contributed by atoms with Crippen LogP contribution in [-0.2, 0) is 0 Å². The molecular formula is C6H7KN2. The van der Waals surface area contributed by atoms with E-state index in [9.17, 15) is 0 Å². The van der Waals surface area contributed by atoms with Crippen LogP contribution in [-0.4, -0.2) is 0 Å². The Balaban J connectivity index is 0.000000640. The maximum atomic E-state index is 4.97. The van der Waals surface area contributed by atoms with E-state index in [-0.39, 0.29) is 51.4 Å². The molecule has 2 nitrogen and oxygen atoms in total. The van der Waals surface area contributed by atoms with Crippen molar-refractivity contribution in [3.8, 4) is 0 Å². The van der Waals surface area contributed by atoms with Crippen LogP contribution >= 0.6 is 0 Å². The Morgan fingerprint density at radius 3 is 2.00 bits per heavy atom. The molecule has 1 aromatic carbocycles. The van der Waals surface area contributed by atoms with Crippen molar-refractivity contribution in [2.75, 3.05) is 0 Å². The third kappa shape index (κ3) is 3.35. The SMILES string of the molecule is N[N-]c1ccccc1.[K+]. The average Bonchev–Trinajstić information content (AvgIpc) is 1.90. The second-order valence-corrected chi connectivity index (χ2v) is 1.46. The fraction of sp³-hybridized carbons (Fsp3) is 0. The van der Waals surface area contributed by atoms with Gasteiger partial charge in [0.25, 0.3) is 0 Å². The smallest absolute Gasteiger partial charge is 0.625 e. The van der Waals surface area contributed by atoms with Gasteiger partial charge in [0, 0.05) is 0 Å². The molecule has 0 aliphatic rings. The van der Waals surface area contributed by atoms with Gasteiger partial charge in [-0.2, -0.15) is 0 Å². The zero-order valence-corrected chi connectivity index (χ0v) is 8.53. The molecule has 0 fully saturated rings. The van der Waals surface area contributed by atoms with Crippen LogP contribution in [0.3, 0.4) is 0 Å². The molecule has 9 heavy (non-hydrogen) atoms. The number of hydrogen-bond acceptors (Lipinski definition) is 1. The first-order valence-electron chi connectivity index (χ1n) is 2.39. The van der Waals surface area contributed by atoms with Gasteiger partial charge in [0.2, 0.25) is 0 Å².